The number of carbonyl (C=O) groups excluding carboxylic acids is 1. The lowest BCUT2D eigenvalue weighted by Crippen LogP contribution is -2.18. The maximum atomic E-state index is 12.1. The molecule has 0 saturated carbocycles. The van der Waals surface area contributed by atoms with Crippen LogP contribution in [0.1, 0.15) is 21.7 Å². The summed E-state index contributed by atoms with van der Waals surface area (Å²) in [4.78, 5) is 12.1. The molecule has 0 aliphatic heterocycles. The summed E-state index contributed by atoms with van der Waals surface area (Å²) in [5, 5.41) is 4.99. The molecule has 0 fully saturated rings. The Bertz CT molecular complexity index is 948. The first-order valence-electron chi connectivity index (χ1n) is 7.49. The summed E-state index contributed by atoms with van der Waals surface area (Å²) in [5.41, 5.74) is 4.67. The van der Waals surface area contributed by atoms with Crippen LogP contribution in [0.15, 0.2) is 64.1 Å². The predicted molar refractivity (Wildman–Crippen MR) is 100 cm³/mol. The summed E-state index contributed by atoms with van der Waals surface area (Å²) in [6.07, 6.45) is 1.43. The normalized spacial score (nSPS) is 11.0. The van der Waals surface area contributed by atoms with Gasteiger partial charge in [0.15, 0.2) is 0 Å². The van der Waals surface area contributed by atoms with Crippen molar-refractivity contribution >= 4 is 35.3 Å². The Balaban J connectivity index is 1.70. The van der Waals surface area contributed by atoms with Gasteiger partial charge in [-0.2, -0.15) is 5.10 Å². The topological polar surface area (TPSA) is 54.6 Å². The van der Waals surface area contributed by atoms with Crippen LogP contribution in [0.3, 0.4) is 0 Å². The van der Waals surface area contributed by atoms with Crippen molar-refractivity contribution in [3.8, 4) is 11.3 Å². The first-order valence-corrected chi connectivity index (χ1v) is 8.24. The summed E-state index contributed by atoms with van der Waals surface area (Å²) in [6, 6.07) is 16.0. The zero-order valence-electron chi connectivity index (χ0n) is 13.3. The van der Waals surface area contributed by atoms with E-state index >= 15 is 0 Å². The van der Waals surface area contributed by atoms with Crippen LogP contribution in [-0.2, 0) is 0 Å². The van der Waals surface area contributed by atoms with E-state index in [1.807, 2.05) is 19.1 Å². The highest BCUT2D eigenvalue weighted by Crippen LogP contribution is 2.31. The molecule has 0 unspecified atom stereocenters. The lowest BCUT2D eigenvalue weighted by Gasteiger charge is -2.02. The van der Waals surface area contributed by atoms with Gasteiger partial charge < -0.3 is 4.42 Å². The fourth-order valence-corrected chi connectivity index (χ4v) is 2.80. The number of nitrogens with zero attached hydrogens (tertiary/aromatic N) is 1. The van der Waals surface area contributed by atoms with E-state index < -0.39 is 0 Å². The zero-order chi connectivity index (χ0) is 17.8. The minimum absolute atomic E-state index is 0.276. The van der Waals surface area contributed by atoms with Gasteiger partial charge in [-0.15, -0.1) is 0 Å². The van der Waals surface area contributed by atoms with Crippen molar-refractivity contribution in [2.24, 2.45) is 5.10 Å². The Morgan fingerprint density at radius 2 is 1.92 bits per heavy atom. The van der Waals surface area contributed by atoms with Crippen LogP contribution in [0.2, 0.25) is 10.0 Å². The molecule has 1 aromatic heterocycles. The van der Waals surface area contributed by atoms with Gasteiger partial charge in [0.1, 0.15) is 11.5 Å². The van der Waals surface area contributed by atoms with Gasteiger partial charge in [0, 0.05) is 16.1 Å². The highest BCUT2D eigenvalue weighted by Gasteiger charge is 2.09. The molecule has 3 aromatic rings. The van der Waals surface area contributed by atoms with Crippen LogP contribution < -0.4 is 5.43 Å². The van der Waals surface area contributed by atoms with Gasteiger partial charge in [-0.05, 0) is 48.9 Å². The molecule has 6 heteroatoms. The Morgan fingerprint density at radius 1 is 1.12 bits per heavy atom. The van der Waals surface area contributed by atoms with Crippen molar-refractivity contribution in [1.82, 2.24) is 5.43 Å². The number of halogens is 2. The molecular weight excluding hydrogens is 359 g/mol. The van der Waals surface area contributed by atoms with Gasteiger partial charge in [-0.25, -0.2) is 5.43 Å². The standard InChI is InChI=1S/C19H14Cl2N2O2/c1-12-4-2-3-5-15(12)19(24)23-22-11-14-7-9-18(25-14)16-8-6-13(20)10-17(16)21/h2-11H,1H3,(H,23,24)/b22-11-. The largest absolute Gasteiger partial charge is 0.455 e. The van der Waals surface area contributed by atoms with E-state index in [4.69, 9.17) is 27.6 Å². The molecule has 0 spiro atoms. The molecule has 0 bridgehead atoms. The third kappa shape index (κ3) is 4.10. The first kappa shape index (κ1) is 17.3. The Labute approximate surface area is 155 Å². The predicted octanol–water partition coefficient (Wildman–Crippen LogP) is 5.33. The summed E-state index contributed by atoms with van der Waals surface area (Å²) in [5.74, 6) is 0.807. The zero-order valence-corrected chi connectivity index (χ0v) is 14.8. The first-order chi connectivity index (χ1) is 12.0. The van der Waals surface area contributed by atoms with Crippen molar-refractivity contribution in [2.45, 2.75) is 6.92 Å². The fraction of sp³-hybridized carbons (Fsp3) is 0.0526. The summed E-state index contributed by atoms with van der Waals surface area (Å²) in [7, 11) is 0. The average Bonchev–Trinajstić information content (AvgIpc) is 3.03. The number of amides is 1. The maximum absolute atomic E-state index is 12.1. The minimum Gasteiger partial charge on any atom is -0.455 e. The number of benzene rings is 2. The lowest BCUT2D eigenvalue weighted by molar-refractivity contribution is 0.0954. The lowest BCUT2D eigenvalue weighted by atomic mass is 10.1. The van der Waals surface area contributed by atoms with Crippen molar-refractivity contribution < 1.29 is 9.21 Å². The third-order valence-corrected chi connectivity index (χ3v) is 4.12. The quantitative estimate of drug-likeness (QED) is 0.497. The monoisotopic (exact) mass is 372 g/mol. The molecule has 0 aliphatic rings. The van der Waals surface area contributed by atoms with Crippen molar-refractivity contribution in [2.75, 3.05) is 0 Å². The molecule has 0 saturated heterocycles. The highest BCUT2D eigenvalue weighted by atomic mass is 35.5. The number of carbonyl (C=O) groups is 1. The number of hydrogen-bond acceptors (Lipinski definition) is 3. The molecule has 0 aliphatic carbocycles. The molecule has 0 atom stereocenters. The number of rotatable bonds is 4. The molecule has 1 amide bonds. The van der Waals surface area contributed by atoms with Crippen LogP contribution in [0.5, 0.6) is 0 Å². The average molecular weight is 373 g/mol. The van der Waals surface area contributed by atoms with Crippen LogP contribution >= 0.6 is 23.2 Å². The molecule has 25 heavy (non-hydrogen) atoms. The molecular formula is C19H14Cl2N2O2. The number of nitrogens with one attached hydrogen (secondary N) is 1. The van der Waals surface area contributed by atoms with Crippen LogP contribution in [-0.4, -0.2) is 12.1 Å². The van der Waals surface area contributed by atoms with Crippen molar-refractivity contribution in [3.63, 3.8) is 0 Å². The molecule has 2 aromatic carbocycles. The summed E-state index contributed by atoms with van der Waals surface area (Å²) in [6.45, 7) is 1.87. The second-order valence-corrected chi connectivity index (χ2v) is 6.18. The van der Waals surface area contributed by atoms with E-state index in [1.54, 1.807) is 42.5 Å². The molecule has 0 radical (unpaired) electrons. The summed E-state index contributed by atoms with van der Waals surface area (Å²) < 4.78 is 5.67. The van der Waals surface area contributed by atoms with Gasteiger partial charge >= 0.3 is 0 Å². The molecule has 3 rings (SSSR count). The van der Waals surface area contributed by atoms with Crippen molar-refractivity contribution in [1.29, 1.82) is 0 Å². The second-order valence-electron chi connectivity index (χ2n) is 5.34. The Morgan fingerprint density at radius 3 is 2.68 bits per heavy atom. The molecule has 126 valence electrons. The number of aryl methyl sites for hydroxylation is 1. The van der Waals surface area contributed by atoms with E-state index in [0.29, 0.717) is 27.1 Å². The minimum atomic E-state index is -0.276. The number of hydrazone groups is 1. The Hall–Kier alpha value is -2.56. The van der Waals surface area contributed by atoms with Gasteiger partial charge in [0.05, 0.1) is 11.2 Å². The van der Waals surface area contributed by atoms with E-state index in [-0.39, 0.29) is 5.91 Å². The van der Waals surface area contributed by atoms with E-state index in [1.165, 1.54) is 6.21 Å². The van der Waals surface area contributed by atoms with Gasteiger partial charge in [-0.3, -0.25) is 4.79 Å². The number of hydrogen-bond donors (Lipinski definition) is 1. The molecule has 1 N–H and O–H groups in total. The maximum Gasteiger partial charge on any atom is 0.271 e. The molecule has 4 nitrogen and oxygen atoms in total. The van der Waals surface area contributed by atoms with E-state index in [0.717, 1.165) is 11.1 Å². The van der Waals surface area contributed by atoms with Crippen LogP contribution in [0.25, 0.3) is 11.3 Å². The smallest absolute Gasteiger partial charge is 0.271 e. The van der Waals surface area contributed by atoms with E-state index in [2.05, 4.69) is 10.5 Å². The van der Waals surface area contributed by atoms with Gasteiger partial charge in [0.25, 0.3) is 5.91 Å². The van der Waals surface area contributed by atoms with Crippen LogP contribution in [0, 0.1) is 6.92 Å². The number of furan rings is 1. The van der Waals surface area contributed by atoms with Crippen LogP contribution in [0.4, 0.5) is 0 Å². The second kappa shape index (κ2) is 7.55. The highest BCUT2D eigenvalue weighted by molar-refractivity contribution is 6.36. The fourth-order valence-electron chi connectivity index (χ4n) is 2.30. The summed E-state index contributed by atoms with van der Waals surface area (Å²) >= 11 is 12.1. The Kier molecular flexibility index (Phi) is 5.22. The van der Waals surface area contributed by atoms with Crippen molar-refractivity contribution in [3.05, 3.63) is 81.5 Å². The third-order valence-electron chi connectivity index (χ3n) is 3.57. The molecule has 1 heterocycles. The SMILES string of the molecule is Cc1ccccc1C(=O)N/N=C\c1ccc(-c2ccc(Cl)cc2Cl)o1. The van der Waals surface area contributed by atoms with Gasteiger partial charge in [0.2, 0.25) is 0 Å². The van der Waals surface area contributed by atoms with E-state index in [9.17, 15) is 4.79 Å². The van der Waals surface area contributed by atoms with Gasteiger partial charge in [-0.1, -0.05) is 41.4 Å².